The van der Waals surface area contributed by atoms with Gasteiger partial charge in [0.05, 0.1) is 19.2 Å². The summed E-state index contributed by atoms with van der Waals surface area (Å²) < 4.78 is 11.1. The normalized spacial score (nSPS) is 10.4. The van der Waals surface area contributed by atoms with Crippen molar-refractivity contribution in [3.8, 4) is 0 Å². The average molecular weight is 413 g/mol. The van der Waals surface area contributed by atoms with Crippen molar-refractivity contribution >= 4 is 34.5 Å². The summed E-state index contributed by atoms with van der Waals surface area (Å²) in [7, 11) is 3.02. The fourth-order valence-electron chi connectivity index (χ4n) is 2.08. The molecule has 2 rings (SSSR count). The molecule has 1 aromatic carbocycles. The molecule has 0 spiro atoms. The van der Waals surface area contributed by atoms with Crippen LogP contribution in [0.1, 0.15) is 32.2 Å². The predicted molar refractivity (Wildman–Crippen MR) is 89.7 cm³/mol. The van der Waals surface area contributed by atoms with Crippen molar-refractivity contribution in [3.63, 3.8) is 0 Å². The van der Waals surface area contributed by atoms with Crippen LogP contribution in [-0.2, 0) is 11.3 Å². The predicted octanol–water partition coefficient (Wildman–Crippen LogP) is 3.25. The van der Waals surface area contributed by atoms with Crippen molar-refractivity contribution in [2.45, 2.75) is 13.5 Å². The van der Waals surface area contributed by atoms with Crippen molar-refractivity contribution in [1.29, 1.82) is 0 Å². The van der Waals surface area contributed by atoms with E-state index >= 15 is 0 Å². The highest BCUT2D eigenvalue weighted by Gasteiger charge is 2.19. The highest BCUT2D eigenvalue weighted by atomic mass is 127. The number of methoxy groups -OCH3 is 1. The maximum absolute atomic E-state index is 12.4. The highest BCUT2D eigenvalue weighted by Crippen LogP contribution is 2.19. The van der Waals surface area contributed by atoms with Crippen LogP contribution in [0.25, 0.3) is 0 Å². The number of furan rings is 1. The lowest BCUT2D eigenvalue weighted by Crippen LogP contribution is -2.26. The van der Waals surface area contributed by atoms with Crippen molar-refractivity contribution < 1.29 is 18.7 Å². The summed E-state index contributed by atoms with van der Waals surface area (Å²) in [5.74, 6) is 0.481. The molecule has 0 N–H and O–H groups in total. The van der Waals surface area contributed by atoms with Crippen molar-refractivity contribution in [2.75, 3.05) is 14.2 Å². The SMILES string of the molecule is COC(=O)c1cc(CN(C)C(=O)c2ccccc2I)oc1C. The minimum Gasteiger partial charge on any atom is -0.465 e. The zero-order valence-corrected chi connectivity index (χ0v) is 14.7. The van der Waals surface area contributed by atoms with Crippen LogP contribution in [0.3, 0.4) is 0 Å². The first-order chi connectivity index (χ1) is 10.4. The van der Waals surface area contributed by atoms with E-state index in [9.17, 15) is 9.59 Å². The van der Waals surface area contributed by atoms with E-state index in [1.165, 1.54) is 7.11 Å². The van der Waals surface area contributed by atoms with E-state index in [-0.39, 0.29) is 12.5 Å². The molecule has 0 aliphatic carbocycles. The van der Waals surface area contributed by atoms with Crippen LogP contribution in [0.2, 0.25) is 0 Å². The Labute approximate surface area is 142 Å². The molecule has 1 amide bonds. The van der Waals surface area contributed by atoms with E-state index in [4.69, 9.17) is 4.42 Å². The van der Waals surface area contributed by atoms with Gasteiger partial charge < -0.3 is 14.1 Å². The molecule has 0 aliphatic rings. The molecule has 1 heterocycles. The van der Waals surface area contributed by atoms with Gasteiger partial charge in [-0.2, -0.15) is 0 Å². The zero-order valence-electron chi connectivity index (χ0n) is 12.6. The highest BCUT2D eigenvalue weighted by molar-refractivity contribution is 14.1. The molecule has 116 valence electrons. The van der Waals surface area contributed by atoms with Gasteiger partial charge in [-0.3, -0.25) is 4.79 Å². The monoisotopic (exact) mass is 413 g/mol. The molecule has 1 aromatic heterocycles. The number of hydrogen-bond acceptors (Lipinski definition) is 4. The number of rotatable bonds is 4. The number of carbonyl (C=O) groups excluding carboxylic acids is 2. The molecule has 2 aromatic rings. The molecule has 5 nitrogen and oxygen atoms in total. The molecular formula is C16H16INO4. The number of amides is 1. The number of halogens is 1. The first kappa shape index (κ1) is 16.5. The maximum Gasteiger partial charge on any atom is 0.341 e. The van der Waals surface area contributed by atoms with E-state index in [2.05, 4.69) is 27.3 Å². The molecule has 22 heavy (non-hydrogen) atoms. The summed E-state index contributed by atoms with van der Waals surface area (Å²) in [4.78, 5) is 25.6. The van der Waals surface area contributed by atoms with Crippen LogP contribution in [0.15, 0.2) is 34.7 Å². The van der Waals surface area contributed by atoms with Crippen LogP contribution >= 0.6 is 22.6 Å². The number of ether oxygens (including phenoxy) is 1. The van der Waals surface area contributed by atoms with Crippen molar-refractivity contribution in [3.05, 3.63) is 56.5 Å². The Balaban J connectivity index is 2.15. The average Bonchev–Trinajstić information content (AvgIpc) is 2.86. The Morgan fingerprint density at radius 1 is 1.27 bits per heavy atom. The van der Waals surface area contributed by atoms with Gasteiger partial charge in [0.1, 0.15) is 17.1 Å². The first-order valence-electron chi connectivity index (χ1n) is 6.61. The van der Waals surface area contributed by atoms with E-state index in [1.807, 2.05) is 18.2 Å². The maximum atomic E-state index is 12.4. The number of hydrogen-bond donors (Lipinski definition) is 0. The summed E-state index contributed by atoms with van der Waals surface area (Å²) in [5, 5.41) is 0. The summed E-state index contributed by atoms with van der Waals surface area (Å²) in [6, 6.07) is 9.00. The number of nitrogens with zero attached hydrogens (tertiary/aromatic N) is 1. The Kier molecular flexibility index (Phi) is 5.23. The van der Waals surface area contributed by atoms with Gasteiger partial charge in [-0.1, -0.05) is 12.1 Å². The topological polar surface area (TPSA) is 59.8 Å². The third kappa shape index (κ3) is 3.49. The molecule has 0 bridgehead atoms. The lowest BCUT2D eigenvalue weighted by Gasteiger charge is -2.16. The van der Waals surface area contributed by atoms with Gasteiger partial charge in [0.2, 0.25) is 0 Å². The smallest absolute Gasteiger partial charge is 0.341 e. The van der Waals surface area contributed by atoms with Gasteiger partial charge in [-0.25, -0.2) is 4.79 Å². The lowest BCUT2D eigenvalue weighted by atomic mass is 10.2. The van der Waals surface area contributed by atoms with Gasteiger partial charge in [0.15, 0.2) is 0 Å². The van der Waals surface area contributed by atoms with Crippen LogP contribution in [-0.4, -0.2) is 30.9 Å². The van der Waals surface area contributed by atoms with Crippen molar-refractivity contribution in [1.82, 2.24) is 4.90 Å². The van der Waals surface area contributed by atoms with Crippen LogP contribution in [0.5, 0.6) is 0 Å². The van der Waals surface area contributed by atoms with Crippen LogP contribution in [0.4, 0.5) is 0 Å². The fourth-order valence-corrected chi connectivity index (χ4v) is 2.70. The van der Waals surface area contributed by atoms with Gasteiger partial charge in [0.25, 0.3) is 5.91 Å². The largest absolute Gasteiger partial charge is 0.465 e. The molecule has 0 unspecified atom stereocenters. The van der Waals surface area contributed by atoms with Crippen molar-refractivity contribution in [2.24, 2.45) is 0 Å². The second kappa shape index (κ2) is 6.95. The Hall–Kier alpha value is -1.83. The van der Waals surface area contributed by atoms with Crippen LogP contribution in [0, 0.1) is 10.5 Å². The van der Waals surface area contributed by atoms with E-state index in [0.29, 0.717) is 22.6 Å². The Morgan fingerprint density at radius 3 is 2.59 bits per heavy atom. The molecular weight excluding hydrogens is 397 g/mol. The minimum atomic E-state index is -0.445. The van der Waals surface area contributed by atoms with Crippen LogP contribution < -0.4 is 0 Å². The quantitative estimate of drug-likeness (QED) is 0.571. The number of benzene rings is 1. The molecule has 0 atom stereocenters. The number of carbonyl (C=O) groups is 2. The molecule has 0 aliphatic heterocycles. The molecule has 0 saturated carbocycles. The summed E-state index contributed by atoms with van der Waals surface area (Å²) in [6.07, 6.45) is 0. The van der Waals surface area contributed by atoms with Gasteiger partial charge in [-0.05, 0) is 47.7 Å². The number of esters is 1. The van der Waals surface area contributed by atoms with Gasteiger partial charge >= 0.3 is 5.97 Å². The zero-order chi connectivity index (χ0) is 16.3. The standard InChI is InChI=1S/C16H16INO4/c1-10-13(16(20)21-3)8-11(22-10)9-18(2)15(19)12-6-4-5-7-14(12)17/h4-8H,9H2,1-3H3. The minimum absolute atomic E-state index is 0.0985. The lowest BCUT2D eigenvalue weighted by molar-refractivity contribution is 0.0598. The Morgan fingerprint density at radius 2 is 1.95 bits per heavy atom. The molecule has 0 saturated heterocycles. The van der Waals surface area contributed by atoms with E-state index in [0.717, 1.165) is 3.57 Å². The molecule has 0 radical (unpaired) electrons. The molecule has 6 heteroatoms. The van der Waals surface area contributed by atoms with E-state index < -0.39 is 5.97 Å². The first-order valence-corrected chi connectivity index (χ1v) is 7.69. The molecule has 0 fully saturated rings. The second-order valence-corrected chi connectivity index (χ2v) is 5.98. The second-order valence-electron chi connectivity index (χ2n) is 4.82. The van der Waals surface area contributed by atoms with Gasteiger partial charge in [-0.15, -0.1) is 0 Å². The Bertz CT molecular complexity index is 708. The fraction of sp³-hybridized carbons (Fsp3) is 0.250. The van der Waals surface area contributed by atoms with Gasteiger partial charge in [0, 0.05) is 10.6 Å². The van der Waals surface area contributed by atoms with E-state index in [1.54, 1.807) is 31.0 Å². The summed E-state index contributed by atoms with van der Waals surface area (Å²) in [5.41, 5.74) is 1.02. The number of aryl methyl sites for hydroxylation is 1. The summed E-state index contributed by atoms with van der Waals surface area (Å²) >= 11 is 2.13. The third-order valence-electron chi connectivity index (χ3n) is 3.22. The third-order valence-corrected chi connectivity index (χ3v) is 4.16. The summed E-state index contributed by atoms with van der Waals surface area (Å²) in [6.45, 7) is 1.97.